The van der Waals surface area contributed by atoms with E-state index in [-0.39, 0.29) is 0 Å². The van der Waals surface area contributed by atoms with Gasteiger partial charge in [0.25, 0.3) is 0 Å². The van der Waals surface area contributed by atoms with Crippen LogP contribution in [0.1, 0.15) is 35.6 Å². The highest BCUT2D eigenvalue weighted by atomic mass is 35.5. The lowest BCUT2D eigenvalue weighted by atomic mass is 9.94. The average Bonchev–Trinajstić information content (AvgIpc) is 2.59. The van der Waals surface area contributed by atoms with Crippen molar-refractivity contribution >= 4 is 33.0 Å². The molecule has 3 rings (SSSR count). The van der Waals surface area contributed by atoms with Crippen molar-refractivity contribution in [1.29, 1.82) is 0 Å². The zero-order valence-electron chi connectivity index (χ0n) is 9.71. The molecule has 1 aliphatic rings. The molecular formula is C14H16ClNS. The molecular weight excluding hydrogens is 250 g/mol. The Morgan fingerprint density at radius 2 is 2.24 bits per heavy atom. The van der Waals surface area contributed by atoms with Gasteiger partial charge in [0, 0.05) is 4.88 Å². The van der Waals surface area contributed by atoms with Gasteiger partial charge in [0.05, 0.1) is 9.72 Å². The van der Waals surface area contributed by atoms with Gasteiger partial charge in [-0.15, -0.1) is 11.3 Å². The van der Waals surface area contributed by atoms with Gasteiger partial charge >= 0.3 is 0 Å². The third kappa shape index (κ3) is 1.88. The molecule has 0 aliphatic heterocycles. The van der Waals surface area contributed by atoms with Crippen molar-refractivity contribution in [2.45, 2.75) is 31.6 Å². The van der Waals surface area contributed by atoms with Crippen LogP contribution in [-0.4, -0.2) is 6.54 Å². The van der Waals surface area contributed by atoms with E-state index in [1.165, 1.54) is 46.2 Å². The summed E-state index contributed by atoms with van der Waals surface area (Å²) < 4.78 is 1.25. The molecule has 2 N–H and O–H groups in total. The normalized spacial score (nSPS) is 20.2. The number of thiophene rings is 1. The lowest BCUT2D eigenvalue weighted by Gasteiger charge is -2.13. The topological polar surface area (TPSA) is 26.0 Å². The van der Waals surface area contributed by atoms with Gasteiger partial charge in [0.1, 0.15) is 0 Å². The Hall–Kier alpha value is -0.570. The average molecular weight is 266 g/mol. The highest BCUT2D eigenvalue weighted by molar-refractivity contribution is 7.20. The zero-order valence-corrected chi connectivity index (χ0v) is 11.3. The first-order valence-corrected chi connectivity index (χ1v) is 7.40. The molecule has 1 nitrogen and oxygen atoms in total. The number of benzene rings is 1. The lowest BCUT2D eigenvalue weighted by molar-refractivity contribution is 0.605. The Kier molecular flexibility index (Phi) is 3.12. The summed E-state index contributed by atoms with van der Waals surface area (Å²) in [5.41, 5.74) is 7.44. The van der Waals surface area contributed by atoms with Crippen LogP contribution < -0.4 is 5.73 Å². The quantitative estimate of drug-likeness (QED) is 0.764. The van der Waals surface area contributed by atoms with E-state index in [0.29, 0.717) is 5.92 Å². The van der Waals surface area contributed by atoms with Crippen molar-refractivity contribution in [2.75, 3.05) is 6.54 Å². The maximum atomic E-state index is 6.29. The summed E-state index contributed by atoms with van der Waals surface area (Å²) in [6, 6.07) is 6.23. The van der Waals surface area contributed by atoms with Crippen LogP contribution in [0.5, 0.6) is 0 Å². The number of hydrogen-bond acceptors (Lipinski definition) is 2. The fraction of sp³-hybridized carbons (Fsp3) is 0.429. The molecule has 17 heavy (non-hydrogen) atoms. The molecule has 3 heteroatoms. The third-order valence-electron chi connectivity index (χ3n) is 3.68. The number of halogens is 1. The summed E-state index contributed by atoms with van der Waals surface area (Å²) in [7, 11) is 0. The second-order valence-corrected chi connectivity index (χ2v) is 6.25. The smallest absolute Gasteiger partial charge is 0.0584 e. The molecule has 1 aliphatic carbocycles. The molecule has 0 fully saturated rings. The fourth-order valence-electron chi connectivity index (χ4n) is 2.84. The van der Waals surface area contributed by atoms with Crippen LogP contribution in [0, 0.1) is 0 Å². The minimum Gasteiger partial charge on any atom is -0.330 e. The number of aryl methyl sites for hydroxylation is 1. The number of rotatable bonds is 1. The van der Waals surface area contributed by atoms with Gasteiger partial charge in [-0.25, -0.2) is 0 Å². The Morgan fingerprint density at radius 3 is 3.06 bits per heavy atom. The molecule has 1 aromatic carbocycles. The first-order valence-electron chi connectivity index (χ1n) is 6.21. The van der Waals surface area contributed by atoms with Gasteiger partial charge in [0.2, 0.25) is 0 Å². The predicted molar refractivity (Wildman–Crippen MR) is 76.2 cm³/mol. The van der Waals surface area contributed by atoms with Crippen LogP contribution in [0.15, 0.2) is 18.2 Å². The summed E-state index contributed by atoms with van der Waals surface area (Å²) in [6.07, 6.45) is 5.00. The van der Waals surface area contributed by atoms with Crippen LogP contribution in [0.25, 0.3) is 10.1 Å². The zero-order chi connectivity index (χ0) is 11.8. The second kappa shape index (κ2) is 4.60. The van der Waals surface area contributed by atoms with E-state index in [0.717, 1.165) is 11.6 Å². The van der Waals surface area contributed by atoms with Crippen LogP contribution in [0.4, 0.5) is 0 Å². The summed E-state index contributed by atoms with van der Waals surface area (Å²) >= 11 is 8.16. The molecule has 1 atom stereocenters. The Labute approximate surface area is 111 Å². The van der Waals surface area contributed by atoms with Crippen LogP contribution in [-0.2, 0) is 6.42 Å². The Bertz CT molecular complexity index is 546. The van der Waals surface area contributed by atoms with E-state index in [4.69, 9.17) is 17.3 Å². The van der Waals surface area contributed by atoms with Gasteiger partial charge < -0.3 is 5.73 Å². The van der Waals surface area contributed by atoms with E-state index in [9.17, 15) is 0 Å². The molecule has 0 radical (unpaired) electrons. The minimum absolute atomic E-state index is 0.528. The first-order chi connectivity index (χ1) is 8.31. The van der Waals surface area contributed by atoms with Gasteiger partial charge in [0.15, 0.2) is 0 Å². The maximum Gasteiger partial charge on any atom is 0.0584 e. The van der Waals surface area contributed by atoms with Crippen LogP contribution in [0.2, 0.25) is 5.02 Å². The van der Waals surface area contributed by atoms with Crippen molar-refractivity contribution in [2.24, 2.45) is 5.73 Å². The first kappa shape index (κ1) is 11.5. The van der Waals surface area contributed by atoms with Gasteiger partial charge in [-0.1, -0.05) is 30.2 Å². The molecule has 1 aromatic heterocycles. The van der Waals surface area contributed by atoms with Gasteiger partial charge in [-0.2, -0.15) is 0 Å². The molecule has 0 saturated carbocycles. The summed E-state index contributed by atoms with van der Waals surface area (Å²) in [6.45, 7) is 0.755. The van der Waals surface area contributed by atoms with E-state index < -0.39 is 0 Å². The third-order valence-corrected chi connectivity index (χ3v) is 5.42. The van der Waals surface area contributed by atoms with E-state index in [1.54, 1.807) is 0 Å². The number of hydrogen-bond donors (Lipinski definition) is 1. The molecule has 0 spiro atoms. The summed E-state index contributed by atoms with van der Waals surface area (Å²) in [4.78, 5) is 1.51. The SMILES string of the molecule is NCC1CCCCc2sc3c(Cl)cccc3c21. The summed E-state index contributed by atoms with van der Waals surface area (Å²) in [5, 5.41) is 2.23. The highest BCUT2D eigenvalue weighted by Gasteiger charge is 2.23. The largest absolute Gasteiger partial charge is 0.330 e. The molecule has 1 heterocycles. The van der Waals surface area contributed by atoms with Gasteiger partial charge in [-0.05, 0) is 48.7 Å². The predicted octanol–water partition coefficient (Wildman–Crippen LogP) is 4.32. The van der Waals surface area contributed by atoms with Crippen molar-refractivity contribution in [3.8, 4) is 0 Å². The van der Waals surface area contributed by atoms with Crippen molar-refractivity contribution in [3.05, 3.63) is 33.7 Å². The van der Waals surface area contributed by atoms with Gasteiger partial charge in [-0.3, -0.25) is 0 Å². The second-order valence-electron chi connectivity index (χ2n) is 4.73. The highest BCUT2D eigenvalue weighted by Crippen LogP contribution is 2.43. The number of fused-ring (bicyclic) bond motifs is 3. The fourth-order valence-corrected chi connectivity index (χ4v) is 4.47. The minimum atomic E-state index is 0.528. The molecule has 90 valence electrons. The molecule has 2 aromatic rings. The van der Waals surface area contributed by atoms with E-state index in [1.807, 2.05) is 17.4 Å². The van der Waals surface area contributed by atoms with E-state index in [2.05, 4.69) is 12.1 Å². The Morgan fingerprint density at radius 1 is 1.35 bits per heavy atom. The van der Waals surface area contributed by atoms with Crippen molar-refractivity contribution in [1.82, 2.24) is 0 Å². The molecule has 0 amide bonds. The van der Waals surface area contributed by atoms with Crippen LogP contribution >= 0.6 is 22.9 Å². The maximum absolute atomic E-state index is 6.29. The lowest BCUT2D eigenvalue weighted by Crippen LogP contribution is -2.12. The molecule has 0 bridgehead atoms. The standard InChI is InChI=1S/C14H16ClNS/c15-11-6-3-5-10-13-9(8-16)4-1-2-7-12(13)17-14(10)11/h3,5-6,9H,1-2,4,7-8,16H2. The van der Waals surface area contributed by atoms with Crippen molar-refractivity contribution in [3.63, 3.8) is 0 Å². The summed E-state index contributed by atoms with van der Waals surface area (Å²) in [5.74, 6) is 0.528. The molecule has 1 unspecified atom stereocenters. The molecule has 0 saturated heterocycles. The number of nitrogens with two attached hydrogens (primary N) is 1. The van der Waals surface area contributed by atoms with Crippen LogP contribution in [0.3, 0.4) is 0 Å². The van der Waals surface area contributed by atoms with E-state index >= 15 is 0 Å². The Balaban J connectivity index is 2.27. The van der Waals surface area contributed by atoms with Crippen molar-refractivity contribution < 1.29 is 0 Å². The monoisotopic (exact) mass is 265 g/mol.